The van der Waals surface area contributed by atoms with Crippen molar-refractivity contribution in [2.24, 2.45) is 0 Å². The van der Waals surface area contributed by atoms with E-state index in [1.165, 1.54) is 6.07 Å². The van der Waals surface area contributed by atoms with E-state index in [0.717, 1.165) is 22.0 Å². The number of hydrogen-bond acceptors (Lipinski definition) is 1. The minimum atomic E-state index is -0.288. The van der Waals surface area contributed by atoms with Crippen molar-refractivity contribution in [2.45, 2.75) is 0 Å². The summed E-state index contributed by atoms with van der Waals surface area (Å²) in [5, 5.41) is 1.65. The van der Waals surface area contributed by atoms with Crippen LogP contribution in [0.2, 0.25) is 5.02 Å². The van der Waals surface area contributed by atoms with Crippen molar-refractivity contribution in [3.8, 4) is 22.4 Å². The summed E-state index contributed by atoms with van der Waals surface area (Å²) in [6, 6.07) is 24.1. The number of nitrogens with zero attached hydrogens (tertiary/aromatic N) is 1. The highest BCUT2D eigenvalue weighted by atomic mass is 35.5. The van der Waals surface area contributed by atoms with Crippen LogP contribution in [0, 0.1) is 5.82 Å². The van der Waals surface area contributed by atoms with Gasteiger partial charge < -0.3 is 0 Å². The molecule has 0 fully saturated rings. The molecular formula is C21H13ClFN. The van der Waals surface area contributed by atoms with Crippen LogP contribution in [-0.4, -0.2) is 4.98 Å². The standard InChI is InChI=1S/C21H13ClFN/c22-16-8-5-7-14(12-16)18-13-15-6-1-4-11-20(15)24-21(18)17-9-2-3-10-19(17)23/h1-13H. The summed E-state index contributed by atoms with van der Waals surface area (Å²) in [7, 11) is 0. The van der Waals surface area contributed by atoms with E-state index < -0.39 is 0 Å². The number of aromatic nitrogens is 1. The van der Waals surface area contributed by atoms with Crippen LogP contribution in [0.5, 0.6) is 0 Å². The van der Waals surface area contributed by atoms with Crippen molar-refractivity contribution in [3.05, 3.63) is 89.7 Å². The van der Waals surface area contributed by atoms with E-state index in [0.29, 0.717) is 16.3 Å². The van der Waals surface area contributed by atoms with Gasteiger partial charge >= 0.3 is 0 Å². The van der Waals surface area contributed by atoms with Gasteiger partial charge in [-0.05, 0) is 42.0 Å². The zero-order valence-electron chi connectivity index (χ0n) is 12.7. The SMILES string of the molecule is Fc1ccccc1-c1nc2ccccc2cc1-c1cccc(Cl)c1. The van der Waals surface area contributed by atoms with Gasteiger partial charge in [-0.3, -0.25) is 0 Å². The van der Waals surface area contributed by atoms with Crippen LogP contribution in [-0.2, 0) is 0 Å². The molecule has 1 aromatic heterocycles. The van der Waals surface area contributed by atoms with Crippen LogP contribution in [0.25, 0.3) is 33.3 Å². The molecule has 3 aromatic carbocycles. The normalized spacial score (nSPS) is 10.9. The van der Waals surface area contributed by atoms with Crippen molar-refractivity contribution in [2.75, 3.05) is 0 Å². The van der Waals surface area contributed by atoms with Crippen LogP contribution < -0.4 is 0 Å². The van der Waals surface area contributed by atoms with Gasteiger partial charge in [-0.1, -0.05) is 54.1 Å². The first-order valence-electron chi connectivity index (χ1n) is 7.63. The molecular weight excluding hydrogens is 321 g/mol. The number of para-hydroxylation sites is 1. The lowest BCUT2D eigenvalue weighted by molar-refractivity contribution is 0.631. The maximum atomic E-state index is 14.4. The highest BCUT2D eigenvalue weighted by molar-refractivity contribution is 6.30. The largest absolute Gasteiger partial charge is 0.247 e. The van der Waals surface area contributed by atoms with E-state index in [1.807, 2.05) is 60.7 Å². The molecule has 0 aliphatic heterocycles. The van der Waals surface area contributed by atoms with Gasteiger partial charge in [-0.15, -0.1) is 0 Å². The number of pyridine rings is 1. The molecule has 0 amide bonds. The second-order valence-electron chi connectivity index (χ2n) is 5.57. The van der Waals surface area contributed by atoms with Gasteiger partial charge in [-0.2, -0.15) is 0 Å². The zero-order chi connectivity index (χ0) is 16.5. The molecule has 0 spiro atoms. The summed E-state index contributed by atoms with van der Waals surface area (Å²) < 4.78 is 14.4. The molecule has 4 aromatic rings. The van der Waals surface area contributed by atoms with Gasteiger partial charge in [0, 0.05) is 21.5 Å². The fraction of sp³-hybridized carbons (Fsp3) is 0. The Kier molecular flexibility index (Phi) is 3.75. The second kappa shape index (κ2) is 6.06. The maximum Gasteiger partial charge on any atom is 0.132 e. The Balaban J connectivity index is 2.07. The zero-order valence-corrected chi connectivity index (χ0v) is 13.5. The van der Waals surface area contributed by atoms with E-state index in [1.54, 1.807) is 12.1 Å². The first-order chi connectivity index (χ1) is 11.7. The number of benzene rings is 3. The molecule has 0 bridgehead atoms. The molecule has 4 rings (SSSR count). The smallest absolute Gasteiger partial charge is 0.132 e. The average Bonchev–Trinajstić information content (AvgIpc) is 2.61. The van der Waals surface area contributed by atoms with E-state index in [2.05, 4.69) is 0 Å². The number of rotatable bonds is 2. The molecule has 0 aliphatic rings. The van der Waals surface area contributed by atoms with Gasteiger partial charge in [0.1, 0.15) is 5.82 Å². The summed E-state index contributed by atoms with van der Waals surface area (Å²) in [5.41, 5.74) is 3.72. The van der Waals surface area contributed by atoms with E-state index in [9.17, 15) is 4.39 Å². The quantitative estimate of drug-likeness (QED) is 0.416. The van der Waals surface area contributed by atoms with Gasteiger partial charge in [0.25, 0.3) is 0 Å². The van der Waals surface area contributed by atoms with Gasteiger partial charge in [-0.25, -0.2) is 9.37 Å². The predicted octanol–water partition coefficient (Wildman–Crippen LogP) is 6.36. The van der Waals surface area contributed by atoms with Crippen LogP contribution in [0.1, 0.15) is 0 Å². The molecule has 116 valence electrons. The van der Waals surface area contributed by atoms with Crippen molar-refractivity contribution in [1.29, 1.82) is 0 Å². The Bertz CT molecular complexity index is 1040. The lowest BCUT2D eigenvalue weighted by atomic mass is 9.97. The van der Waals surface area contributed by atoms with Crippen LogP contribution in [0.4, 0.5) is 4.39 Å². The Hall–Kier alpha value is -2.71. The minimum Gasteiger partial charge on any atom is -0.247 e. The third-order valence-corrected chi connectivity index (χ3v) is 4.22. The minimum absolute atomic E-state index is 0.288. The highest BCUT2D eigenvalue weighted by Gasteiger charge is 2.14. The molecule has 0 atom stereocenters. The van der Waals surface area contributed by atoms with Crippen molar-refractivity contribution >= 4 is 22.5 Å². The second-order valence-corrected chi connectivity index (χ2v) is 6.00. The number of fused-ring (bicyclic) bond motifs is 1. The fourth-order valence-corrected chi connectivity index (χ4v) is 3.04. The highest BCUT2D eigenvalue weighted by Crippen LogP contribution is 2.35. The number of hydrogen-bond donors (Lipinski definition) is 0. The Labute approximate surface area is 144 Å². The maximum absolute atomic E-state index is 14.4. The lowest BCUT2D eigenvalue weighted by Crippen LogP contribution is -1.93. The molecule has 0 unspecified atom stereocenters. The van der Waals surface area contributed by atoms with Gasteiger partial charge in [0.05, 0.1) is 11.2 Å². The van der Waals surface area contributed by atoms with E-state index in [-0.39, 0.29) is 5.82 Å². The first-order valence-corrected chi connectivity index (χ1v) is 8.01. The molecule has 3 heteroatoms. The van der Waals surface area contributed by atoms with Crippen molar-refractivity contribution < 1.29 is 4.39 Å². The van der Waals surface area contributed by atoms with Crippen LogP contribution in [0.3, 0.4) is 0 Å². The molecule has 24 heavy (non-hydrogen) atoms. The van der Waals surface area contributed by atoms with Crippen molar-refractivity contribution in [3.63, 3.8) is 0 Å². The van der Waals surface area contributed by atoms with Crippen LogP contribution in [0.15, 0.2) is 78.9 Å². The van der Waals surface area contributed by atoms with Gasteiger partial charge in [0.2, 0.25) is 0 Å². The van der Waals surface area contributed by atoms with Gasteiger partial charge in [0.15, 0.2) is 0 Å². The monoisotopic (exact) mass is 333 g/mol. The molecule has 1 nitrogen and oxygen atoms in total. The number of halogens is 2. The summed E-state index contributed by atoms with van der Waals surface area (Å²) in [5.74, 6) is -0.288. The van der Waals surface area contributed by atoms with Crippen molar-refractivity contribution in [1.82, 2.24) is 4.98 Å². The van der Waals surface area contributed by atoms with E-state index in [4.69, 9.17) is 16.6 Å². The molecule has 0 saturated heterocycles. The first kappa shape index (κ1) is 14.9. The topological polar surface area (TPSA) is 12.9 Å². The molecule has 0 radical (unpaired) electrons. The third-order valence-electron chi connectivity index (χ3n) is 3.99. The summed E-state index contributed by atoms with van der Waals surface area (Å²) in [6.45, 7) is 0. The Morgan fingerprint density at radius 3 is 2.38 bits per heavy atom. The summed E-state index contributed by atoms with van der Waals surface area (Å²) in [4.78, 5) is 4.73. The molecule has 0 N–H and O–H groups in total. The Morgan fingerprint density at radius 1 is 0.750 bits per heavy atom. The predicted molar refractivity (Wildman–Crippen MR) is 97.6 cm³/mol. The lowest BCUT2D eigenvalue weighted by Gasteiger charge is -2.12. The third kappa shape index (κ3) is 2.66. The van der Waals surface area contributed by atoms with Crippen LogP contribution >= 0.6 is 11.6 Å². The van der Waals surface area contributed by atoms with E-state index >= 15 is 0 Å². The Morgan fingerprint density at radius 2 is 1.54 bits per heavy atom. The summed E-state index contributed by atoms with van der Waals surface area (Å²) in [6.07, 6.45) is 0. The molecule has 0 saturated carbocycles. The summed E-state index contributed by atoms with van der Waals surface area (Å²) >= 11 is 6.15. The molecule has 1 heterocycles. The molecule has 0 aliphatic carbocycles. The fourth-order valence-electron chi connectivity index (χ4n) is 2.85. The average molecular weight is 334 g/mol.